The Hall–Kier alpha value is -9.06. The minimum absolute atomic E-state index is 0.437. The minimum atomic E-state index is -0.437. The lowest BCUT2D eigenvalue weighted by Crippen LogP contribution is -2.25. The molecule has 0 aliphatic heterocycles. The topological polar surface area (TPSA) is 64.7 Å². The van der Waals surface area contributed by atoms with Crippen LogP contribution in [0.2, 0.25) is 0 Å². The van der Waals surface area contributed by atoms with Crippen LogP contribution in [0.5, 0.6) is 0 Å². The van der Waals surface area contributed by atoms with Gasteiger partial charge in [-0.05, 0) is 103 Å². The number of pyridine rings is 1. The van der Waals surface area contributed by atoms with E-state index in [-0.39, 0.29) is 0 Å². The van der Waals surface area contributed by atoms with Crippen LogP contribution in [0.15, 0.2) is 235 Å². The van der Waals surface area contributed by atoms with Crippen LogP contribution in [-0.4, -0.2) is 19.9 Å². The van der Waals surface area contributed by atoms with Crippen molar-refractivity contribution in [2.75, 3.05) is 0 Å². The standard InChI is InChI=1S/C63H38N4O/c1-3-14-41(15-4-1)60-65-61(42-16-5-2-6-17-42)67-62(66-60)50-22-12-26-57-58(50)51-37-45(32-34-56(51)68-57)40-29-27-39(28-30-40)43-18-11-19-44(36-43)46-31-33-48-47-20-7-9-23-52(47)63(55(48)38-46)53-24-10-8-21-49(53)59-54(63)25-13-35-64-59/h1-38H. The van der Waals surface area contributed by atoms with Gasteiger partial charge in [0, 0.05) is 39.2 Å². The molecule has 3 aromatic heterocycles. The van der Waals surface area contributed by atoms with Crippen LogP contribution in [0.25, 0.3) is 112 Å². The van der Waals surface area contributed by atoms with Crippen molar-refractivity contribution in [1.82, 2.24) is 19.9 Å². The Morgan fingerprint density at radius 1 is 0.309 bits per heavy atom. The SMILES string of the molecule is c1ccc(-c2nc(-c3ccccc3)nc(-c3cccc4oc5ccc(-c6ccc(-c7cccc(-c8ccc9c(c8)C8(c%10ccccc%10-9)c9ccccc9-c9ncccc98)c7)cc6)cc5c34)n2)cc1. The van der Waals surface area contributed by atoms with Crippen LogP contribution in [-0.2, 0) is 5.41 Å². The van der Waals surface area contributed by atoms with E-state index in [2.05, 4.69) is 152 Å². The first-order chi connectivity index (χ1) is 33.7. The molecule has 0 fully saturated rings. The monoisotopic (exact) mass is 866 g/mol. The summed E-state index contributed by atoms with van der Waals surface area (Å²) in [5, 5.41) is 1.98. The smallest absolute Gasteiger partial charge is 0.164 e. The number of aromatic nitrogens is 4. The summed E-state index contributed by atoms with van der Waals surface area (Å²) >= 11 is 0. The summed E-state index contributed by atoms with van der Waals surface area (Å²) in [7, 11) is 0. The van der Waals surface area contributed by atoms with Crippen molar-refractivity contribution in [3.05, 3.63) is 253 Å². The highest BCUT2D eigenvalue weighted by Gasteiger charge is 2.52. The molecular formula is C63H38N4O. The van der Waals surface area contributed by atoms with Gasteiger partial charge in [-0.2, -0.15) is 0 Å². The molecule has 0 amide bonds. The Labute approximate surface area is 392 Å². The van der Waals surface area contributed by atoms with Crippen molar-refractivity contribution in [2.45, 2.75) is 5.41 Å². The van der Waals surface area contributed by atoms with Crippen molar-refractivity contribution in [2.24, 2.45) is 0 Å². The lowest BCUT2D eigenvalue weighted by atomic mass is 9.70. The van der Waals surface area contributed by atoms with E-state index in [1.165, 1.54) is 50.1 Å². The summed E-state index contributed by atoms with van der Waals surface area (Å²) in [6, 6.07) is 79.7. The van der Waals surface area contributed by atoms with E-state index in [9.17, 15) is 0 Å². The molecule has 68 heavy (non-hydrogen) atoms. The second-order valence-corrected chi connectivity index (χ2v) is 17.7. The van der Waals surface area contributed by atoms with Crippen molar-refractivity contribution in [3.63, 3.8) is 0 Å². The maximum Gasteiger partial charge on any atom is 0.164 e. The van der Waals surface area contributed by atoms with E-state index in [0.29, 0.717) is 17.5 Å². The maximum atomic E-state index is 6.49. The molecule has 2 aliphatic carbocycles. The molecule has 12 aromatic rings. The van der Waals surface area contributed by atoms with Gasteiger partial charge >= 0.3 is 0 Å². The van der Waals surface area contributed by atoms with Crippen LogP contribution in [0.3, 0.4) is 0 Å². The summed E-state index contributed by atoms with van der Waals surface area (Å²) in [4.78, 5) is 20.0. The van der Waals surface area contributed by atoms with Gasteiger partial charge in [0.15, 0.2) is 17.5 Å². The zero-order valence-corrected chi connectivity index (χ0v) is 36.6. The first-order valence-corrected chi connectivity index (χ1v) is 23.0. The van der Waals surface area contributed by atoms with Gasteiger partial charge in [0.2, 0.25) is 0 Å². The fraction of sp³-hybridized carbons (Fsp3) is 0.0159. The van der Waals surface area contributed by atoms with Crippen molar-refractivity contribution in [1.29, 1.82) is 0 Å². The van der Waals surface area contributed by atoms with Gasteiger partial charge in [-0.3, -0.25) is 4.98 Å². The fourth-order valence-electron chi connectivity index (χ4n) is 11.0. The maximum absolute atomic E-state index is 6.49. The number of furan rings is 1. The number of hydrogen-bond acceptors (Lipinski definition) is 5. The number of fused-ring (bicyclic) bond motifs is 13. The van der Waals surface area contributed by atoms with Crippen LogP contribution in [0.4, 0.5) is 0 Å². The van der Waals surface area contributed by atoms with Gasteiger partial charge < -0.3 is 4.42 Å². The van der Waals surface area contributed by atoms with Gasteiger partial charge in [-0.1, -0.05) is 188 Å². The molecule has 1 unspecified atom stereocenters. The zero-order valence-electron chi connectivity index (χ0n) is 36.6. The predicted octanol–water partition coefficient (Wildman–Crippen LogP) is 15.5. The highest BCUT2D eigenvalue weighted by atomic mass is 16.3. The molecule has 14 rings (SSSR count). The molecule has 0 radical (unpaired) electrons. The molecule has 2 aliphatic rings. The highest BCUT2D eigenvalue weighted by molar-refractivity contribution is 6.13. The fourth-order valence-corrected chi connectivity index (χ4v) is 11.0. The van der Waals surface area contributed by atoms with Crippen molar-refractivity contribution in [3.8, 4) is 89.9 Å². The van der Waals surface area contributed by atoms with E-state index in [0.717, 1.165) is 66.6 Å². The van der Waals surface area contributed by atoms with E-state index in [4.69, 9.17) is 24.4 Å². The lowest BCUT2D eigenvalue weighted by Gasteiger charge is -2.30. The molecule has 0 saturated heterocycles. The summed E-state index contributed by atoms with van der Waals surface area (Å²) in [6.07, 6.45) is 1.92. The Morgan fingerprint density at radius 3 is 1.56 bits per heavy atom. The molecule has 316 valence electrons. The Balaban J connectivity index is 0.825. The van der Waals surface area contributed by atoms with Gasteiger partial charge in [0.05, 0.1) is 11.1 Å². The molecule has 3 heterocycles. The molecule has 0 bridgehead atoms. The average molecular weight is 867 g/mol. The Kier molecular flexibility index (Phi) is 8.43. The molecule has 0 N–H and O–H groups in total. The number of benzene rings is 9. The van der Waals surface area contributed by atoms with Gasteiger partial charge in [0.1, 0.15) is 11.2 Å². The first-order valence-electron chi connectivity index (χ1n) is 23.0. The zero-order chi connectivity index (χ0) is 44.8. The van der Waals surface area contributed by atoms with Crippen molar-refractivity contribution >= 4 is 21.9 Å². The van der Waals surface area contributed by atoms with Gasteiger partial charge in [-0.15, -0.1) is 0 Å². The van der Waals surface area contributed by atoms with E-state index >= 15 is 0 Å². The Bertz CT molecular complexity index is 3850. The molecule has 1 atom stereocenters. The van der Waals surface area contributed by atoms with Crippen LogP contribution < -0.4 is 0 Å². The molecule has 0 saturated carbocycles. The van der Waals surface area contributed by atoms with Crippen molar-refractivity contribution < 1.29 is 4.42 Å². The quantitative estimate of drug-likeness (QED) is 0.167. The third kappa shape index (κ3) is 5.76. The normalized spacial score (nSPS) is 14.2. The highest BCUT2D eigenvalue weighted by Crippen LogP contribution is 2.62. The average Bonchev–Trinajstić information content (AvgIpc) is 4.05. The second kappa shape index (κ2) is 15.0. The molecule has 5 heteroatoms. The lowest BCUT2D eigenvalue weighted by molar-refractivity contribution is 0.669. The van der Waals surface area contributed by atoms with Crippen LogP contribution >= 0.6 is 0 Å². The first kappa shape index (κ1) is 38.2. The summed E-state index contributed by atoms with van der Waals surface area (Å²) < 4.78 is 6.49. The molecule has 9 aromatic carbocycles. The van der Waals surface area contributed by atoms with E-state index in [1.54, 1.807) is 0 Å². The minimum Gasteiger partial charge on any atom is -0.456 e. The summed E-state index contributed by atoms with van der Waals surface area (Å²) in [5.41, 5.74) is 20.8. The largest absolute Gasteiger partial charge is 0.456 e. The number of rotatable bonds is 6. The van der Waals surface area contributed by atoms with Crippen LogP contribution in [0.1, 0.15) is 22.3 Å². The Morgan fingerprint density at radius 2 is 0.824 bits per heavy atom. The number of nitrogens with zero attached hydrogens (tertiary/aromatic N) is 4. The molecule has 5 nitrogen and oxygen atoms in total. The second-order valence-electron chi connectivity index (χ2n) is 17.7. The number of hydrogen-bond donors (Lipinski definition) is 0. The van der Waals surface area contributed by atoms with Crippen LogP contribution in [0, 0.1) is 0 Å². The third-order valence-electron chi connectivity index (χ3n) is 14.0. The summed E-state index contributed by atoms with van der Waals surface area (Å²) in [5.74, 6) is 1.84. The van der Waals surface area contributed by atoms with E-state index in [1.807, 2.05) is 79.0 Å². The molecular weight excluding hydrogens is 829 g/mol. The summed E-state index contributed by atoms with van der Waals surface area (Å²) in [6.45, 7) is 0. The predicted molar refractivity (Wildman–Crippen MR) is 274 cm³/mol. The molecule has 1 spiro atoms. The van der Waals surface area contributed by atoms with Gasteiger partial charge in [0.25, 0.3) is 0 Å². The van der Waals surface area contributed by atoms with Gasteiger partial charge in [-0.25, -0.2) is 15.0 Å². The third-order valence-corrected chi connectivity index (χ3v) is 14.0. The van der Waals surface area contributed by atoms with E-state index < -0.39 is 5.41 Å².